The molecule has 0 amide bonds. The molecule has 1 aliphatic rings. The summed E-state index contributed by atoms with van der Waals surface area (Å²) in [5.74, 6) is 0. The Kier molecular flexibility index (Phi) is 1.87. The first kappa shape index (κ1) is 7.77. The van der Waals surface area contributed by atoms with Crippen molar-refractivity contribution in [1.82, 2.24) is 9.78 Å². The zero-order valence-electron chi connectivity index (χ0n) is 6.20. The second-order valence-electron chi connectivity index (χ2n) is 2.56. The smallest absolute Gasteiger partial charge is 0.162 e. The molecule has 0 N–H and O–H groups in total. The Morgan fingerprint density at radius 1 is 1.83 bits per heavy atom. The van der Waals surface area contributed by atoms with Gasteiger partial charge in [0.15, 0.2) is 6.04 Å². The maximum absolute atomic E-state index is 8.74. The fourth-order valence-corrected chi connectivity index (χ4v) is 1.65. The van der Waals surface area contributed by atoms with E-state index < -0.39 is 0 Å². The van der Waals surface area contributed by atoms with Crippen LogP contribution in [0.3, 0.4) is 0 Å². The third-order valence-corrected chi connectivity index (χ3v) is 2.14. The lowest BCUT2D eigenvalue weighted by Crippen LogP contribution is -2.22. The molecule has 1 unspecified atom stereocenters. The molecule has 1 atom stereocenters. The van der Waals surface area contributed by atoms with Crippen molar-refractivity contribution in [2.45, 2.75) is 12.6 Å². The van der Waals surface area contributed by atoms with Crippen molar-refractivity contribution < 1.29 is 4.74 Å². The first-order chi connectivity index (χ1) is 5.81. The molecule has 62 valence electrons. The van der Waals surface area contributed by atoms with Crippen molar-refractivity contribution in [3.63, 3.8) is 0 Å². The summed E-state index contributed by atoms with van der Waals surface area (Å²) in [6, 6.07) is 3.71. The molecule has 0 saturated carbocycles. The summed E-state index contributed by atoms with van der Waals surface area (Å²) in [7, 11) is 0. The van der Waals surface area contributed by atoms with Crippen LogP contribution in [0.1, 0.15) is 11.7 Å². The Labute approximate surface area is 77.9 Å². The van der Waals surface area contributed by atoms with Gasteiger partial charge in [0, 0.05) is 0 Å². The predicted octanol–water partition coefficient (Wildman–Crippen LogP) is 1.24. The fourth-order valence-electron chi connectivity index (χ4n) is 1.21. The molecule has 0 radical (unpaired) electrons. The van der Waals surface area contributed by atoms with Gasteiger partial charge >= 0.3 is 0 Å². The van der Waals surface area contributed by atoms with Crippen LogP contribution in [0.2, 0.25) is 0 Å². The van der Waals surface area contributed by atoms with Crippen molar-refractivity contribution in [3.05, 3.63) is 16.4 Å². The minimum atomic E-state index is -0.278. The van der Waals surface area contributed by atoms with Crippen LogP contribution in [0, 0.1) is 11.3 Å². The zero-order valence-corrected chi connectivity index (χ0v) is 7.78. The summed E-state index contributed by atoms with van der Waals surface area (Å²) < 4.78 is 7.66. The number of hydrogen-bond donors (Lipinski definition) is 0. The fraction of sp³-hybridized carbons (Fsp3) is 0.429. The maximum atomic E-state index is 8.74. The maximum Gasteiger partial charge on any atom is 0.162 e. The van der Waals surface area contributed by atoms with Gasteiger partial charge in [-0.3, -0.25) is 0 Å². The molecule has 4 nitrogen and oxygen atoms in total. The van der Waals surface area contributed by atoms with Crippen molar-refractivity contribution in [2.75, 3.05) is 6.61 Å². The van der Waals surface area contributed by atoms with Crippen LogP contribution in [-0.4, -0.2) is 16.4 Å². The minimum Gasteiger partial charge on any atom is -0.372 e. The third kappa shape index (κ3) is 1.13. The first-order valence-corrected chi connectivity index (χ1v) is 4.32. The molecular weight excluding hydrogens is 222 g/mol. The van der Waals surface area contributed by atoms with E-state index in [0.717, 1.165) is 10.3 Å². The van der Waals surface area contributed by atoms with Gasteiger partial charge in [-0.2, -0.15) is 10.4 Å². The van der Waals surface area contributed by atoms with E-state index in [0.29, 0.717) is 13.2 Å². The lowest BCUT2D eigenvalue weighted by Gasteiger charge is -2.18. The van der Waals surface area contributed by atoms with Gasteiger partial charge in [-0.1, -0.05) is 0 Å². The molecule has 0 saturated heterocycles. The van der Waals surface area contributed by atoms with Crippen molar-refractivity contribution >= 4 is 15.9 Å². The number of rotatable bonds is 0. The van der Waals surface area contributed by atoms with Gasteiger partial charge in [0.2, 0.25) is 0 Å². The number of ether oxygens (including phenoxy) is 1. The number of nitrogens with zero attached hydrogens (tertiary/aromatic N) is 3. The van der Waals surface area contributed by atoms with E-state index >= 15 is 0 Å². The van der Waals surface area contributed by atoms with Crippen molar-refractivity contribution in [2.24, 2.45) is 0 Å². The molecule has 2 heterocycles. The summed E-state index contributed by atoms with van der Waals surface area (Å²) in [4.78, 5) is 0. The molecule has 12 heavy (non-hydrogen) atoms. The largest absolute Gasteiger partial charge is 0.372 e. The third-order valence-electron chi connectivity index (χ3n) is 1.75. The molecule has 1 aromatic heterocycles. The van der Waals surface area contributed by atoms with Gasteiger partial charge in [0.05, 0.1) is 25.0 Å². The van der Waals surface area contributed by atoms with Crippen LogP contribution < -0.4 is 0 Å². The first-order valence-electron chi connectivity index (χ1n) is 3.52. The van der Waals surface area contributed by atoms with Crippen LogP contribution >= 0.6 is 15.9 Å². The molecule has 0 bridgehead atoms. The van der Waals surface area contributed by atoms with E-state index in [1.165, 1.54) is 0 Å². The normalized spacial score (nSPS) is 21.5. The van der Waals surface area contributed by atoms with E-state index in [-0.39, 0.29) is 6.04 Å². The Morgan fingerprint density at radius 2 is 2.67 bits per heavy atom. The summed E-state index contributed by atoms with van der Waals surface area (Å²) >= 11 is 3.25. The molecule has 5 heteroatoms. The molecular formula is C7H6BrN3O. The SMILES string of the molecule is N#CC1COCc2cc(Br)nn21. The van der Waals surface area contributed by atoms with Gasteiger partial charge in [-0.15, -0.1) is 0 Å². The summed E-state index contributed by atoms with van der Waals surface area (Å²) in [6.45, 7) is 0.967. The number of aromatic nitrogens is 2. The minimum absolute atomic E-state index is 0.278. The standard InChI is InChI=1S/C7H6BrN3O/c8-7-1-5-3-12-4-6(2-9)11(5)10-7/h1,6H,3-4H2. The topological polar surface area (TPSA) is 50.8 Å². The monoisotopic (exact) mass is 227 g/mol. The molecule has 0 spiro atoms. The highest BCUT2D eigenvalue weighted by Crippen LogP contribution is 2.20. The number of halogens is 1. The summed E-state index contributed by atoms with van der Waals surface area (Å²) in [6.07, 6.45) is 0. The summed E-state index contributed by atoms with van der Waals surface area (Å²) in [5, 5.41) is 12.9. The Balaban J connectivity index is 2.45. The van der Waals surface area contributed by atoms with Gasteiger partial charge in [0.25, 0.3) is 0 Å². The molecule has 0 aliphatic carbocycles. The zero-order chi connectivity index (χ0) is 8.55. The average Bonchev–Trinajstić information content (AvgIpc) is 2.44. The highest BCUT2D eigenvalue weighted by atomic mass is 79.9. The van der Waals surface area contributed by atoms with E-state index in [9.17, 15) is 0 Å². The highest BCUT2D eigenvalue weighted by molar-refractivity contribution is 9.10. The van der Waals surface area contributed by atoms with Gasteiger partial charge in [-0.05, 0) is 22.0 Å². The number of hydrogen-bond acceptors (Lipinski definition) is 3. The van der Waals surface area contributed by atoms with E-state index in [2.05, 4.69) is 27.1 Å². The van der Waals surface area contributed by atoms with Crippen molar-refractivity contribution in [3.8, 4) is 6.07 Å². The van der Waals surface area contributed by atoms with Crippen molar-refractivity contribution in [1.29, 1.82) is 5.26 Å². The van der Waals surface area contributed by atoms with Crippen LogP contribution in [0.5, 0.6) is 0 Å². The predicted molar refractivity (Wildman–Crippen MR) is 44.2 cm³/mol. The average molecular weight is 228 g/mol. The molecule has 1 aliphatic heterocycles. The number of nitriles is 1. The molecule has 0 aromatic carbocycles. The Hall–Kier alpha value is -0.860. The van der Waals surface area contributed by atoms with Crippen LogP contribution in [-0.2, 0) is 11.3 Å². The lowest BCUT2D eigenvalue weighted by molar-refractivity contribution is 0.0680. The number of fused-ring (bicyclic) bond motifs is 1. The van der Waals surface area contributed by atoms with Gasteiger partial charge < -0.3 is 4.74 Å². The molecule has 0 fully saturated rings. The quantitative estimate of drug-likeness (QED) is 0.671. The van der Waals surface area contributed by atoms with Crippen LogP contribution in [0.4, 0.5) is 0 Å². The van der Waals surface area contributed by atoms with E-state index in [1.807, 2.05) is 6.07 Å². The van der Waals surface area contributed by atoms with Gasteiger partial charge in [0.1, 0.15) is 4.60 Å². The molecule has 1 aromatic rings. The van der Waals surface area contributed by atoms with Crippen LogP contribution in [0.15, 0.2) is 10.7 Å². The van der Waals surface area contributed by atoms with E-state index in [4.69, 9.17) is 10.00 Å². The molecule has 2 rings (SSSR count). The second-order valence-corrected chi connectivity index (χ2v) is 3.38. The Bertz CT molecular complexity index is 341. The van der Waals surface area contributed by atoms with Gasteiger partial charge in [-0.25, -0.2) is 4.68 Å². The summed E-state index contributed by atoms with van der Waals surface area (Å²) in [5.41, 5.74) is 0.944. The lowest BCUT2D eigenvalue weighted by atomic mass is 10.3. The van der Waals surface area contributed by atoms with Crippen LogP contribution in [0.25, 0.3) is 0 Å². The Morgan fingerprint density at radius 3 is 3.42 bits per heavy atom. The second kappa shape index (κ2) is 2.88. The highest BCUT2D eigenvalue weighted by Gasteiger charge is 2.20. The van der Waals surface area contributed by atoms with E-state index in [1.54, 1.807) is 4.68 Å².